The third kappa shape index (κ3) is 1.60. The molecule has 0 amide bonds. The van der Waals surface area contributed by atoms with E-state index in [9.17, 15) is 0 Å². The summed E-state index contributed by atoms with van der Waals surface area (Å²) in [5, 5.41) is 3.69. The largest absolute Gasteiger partial charge is 0.309 e. The van der Waals surface area contributed by atoms with E-state index in [0.29, 0.717) is 11.5 Å². The highest BCUT2D eigenvalue weighted by atomic mass is 32.2. The monoisotopic (exact) mass is 219 g/mol. The van der Waals surface area contributed by atoms with Crippen molar-refractivity contribution in [3.63, 3.8) is 0 Å². The van der Waals surface area contributed by atoms with Gasteiger partial charge in [-0.05, 0) is 30.7 Å². The third-order valence-corrected chi connectivity index (χ3v) is 5.12. The van der Waals surface area contributed by atoms with Gasteiger partial charge in [0.1, 0.15) is 0 Å². The molecule has 2 heteroatoms. The molecule has 2 aliphatic heterocycles. The van der Waals surface area contributed by atoms with Crippen LogP contribution in [0.5, 0.6) is 0 Å². The molecule has 2 fully saturated rings. The van der Waals surface area contributed by atoms with Crippen LogP contribution in [0.15, 0.2) is 30.3 Å². The van der Waals surface area contributed by atoms with E-state index in [1.54, 1.807) is 0 Å². The summed E-state index contributed by atoms with van der Waals surface area (Å²) < 4.78 is 0. The molecular formula is C13H17NS. The molecule has 0 bridgehead atoms. The number of benzene rings is 1. The predicted octanol–water partition coefficient (Wildman–Crippen LogP) is 2.84. The van der Waals surface area contributed by atoms with Crippen LogP contribution in [0.2, 0.25) is 0 Å². The molecule has 0 radical (unpaired) electrons. The van der Waals surface area contributed by atoms with Crippen molar-refractivity contribution < 1.29 is 0 Å². The van der Waals surface area contributed by atoms with Crippen molar-refractivity contribution in [1.82, 2.24) is 5.32 Å². The molecule has 2 atom stereocenters. The first-order valence-corrected chi connectivity index (χ1v) is 6.92. The van der Waals surface area contributed by atoms with Gasteiger partial charge in [-0.3, -0.25) is 0 Å². The Bertz CT molecular complexity index is 324. The van der Waals surface area contributed by atoms with Crippen LogP contribution in [0.3, 0.4) is 0 Å². The Balaban J connectivity index is 1.92. The first-order valence-electron chi connectivity index (χ1n) is 5.77. The molecule has 1 N–H and O–H groups in total. The molecule has 2 heterocycles. The quantitative estimate of drug-likeness (QED) is 0.779. The number of hydrogen-bond acceptors (Lipinski definition) is 2. The van der Waals surface area contributed by atoms with Crippen molar-refractivity contribution in [2.75, 3.05) is 18.1 Å². The summed E-state index contributed by atoms with van der Waals surface area (Å²) in [6, 6.07) is 11.6. The summed E-state index contributed by atoms with van der Waals surface area (Å²) in [6.07, 6.45) is 2.75. The van der Waals surface area contributed by atoms with Crippen molar-refractivity contribution in [2.24, 2.45) is 5.41 Å². The van der Waals surface area contributed by atoms with Gasteiger partial charge in [0, 0.05) is 17.2 Å². The number of hydrogen-bond donors (Lipinski definition) is 1. The van der Waals surface area contributed by atoms with Gasteiger partial charge in [-0.1, -0.05) is 30.3 Å². The molecule has 15 heavy (non-hydrogen) atoms. The molecule has 0 saturated carbocycles. The minimum Gasteiger partial charge on any atom is -0.309 e. The average molecular weight is 219 g/mol. The van der Waals surface area contributed by atoms with Crippen molar-refractivity contribution in [3.05, 3.63) is 35.9 Å². The smallest absolute Gasteiger partial charge is 0.0385 e. The zero-order chi connectivity index (χ0) is 10.1. The fourth-order valence-electron chi connectivity index (χ4n) is 2.99. The maximum atomic E-state index is 3.69. The highest BCUT2D eigenvalue weighted by molar-refractivity contribution is 7.99. The van der Waals surface area contributed by atoms with E-state index in [2.05, 4.69) is 47.4 Å². The van der Waals surface area contributed by atoms with Gasteiger partial charge >= 0.3 is 0 Å². The summed E-state index contributed by atoms with van der Waals surface area (Å²) >= 11 is 2.13. The SMILES string of the molecule is c1ccc(C2NCCC23CCSC3)cc1. The molecule has 3 rings (SSSR count). The topological polar surface area (TPSA) is 12.0 Å². The molecule has 2 saturated heterocycles. The molecule has 2 unspecified atom stereocenters. The molecule has 1 spiro atoms. The van der Waals surface area contributed by atoms with Crippen LogP contribution < -0.4 is 5.32 Å². The van der Waals surface area contributed by atoms with E-state index in [1.165, 1.54) is 36.5 Å². The fraction of sp³-hybridized carbons (Fsp3) is 0.538. The molecule has 0 aromatic heterocycles. The Morgan fingerprint density at radius 1 is 1.20 bits per heavy atom. The Labute approximate surface area is 95.6 Å². The lowest BCUT2D eigenvalue weighted by Gasteiger charge is -2.30. The maximum Gasteiger partial charge on any atom is 0.0385 e. The van der Waals surface area contributed by atoms with Crippen molar-refractivity contribution in [1.29, 1.82) is 0 Å². The van der Waals surface area contributed by atoms with Gasteiger partial charge < -0.3 is 5.32 Å². The van der Waals surface area contributed by atoms with Gasteiger partial charge in [-0.2, -0.15) is 11.8 Å². The lowest BCUT2D eigenvalue weighted by molar-refractivity contribution is 0.294. The van der Waals surface area contributed by atoms with Crippen LogP contribution >= 0.6 is 11.8 Å². The summed E-state index contributed by atoms with van der Waals surface area (Å²) in [5.41, 5.74) is 2.05. The van der Waals surface area contributed by atoms with Crippen LogP contribution in [0.25, 0.3) is 0 Å². The van der Waals surface area contributed by atoms with E-state index in [1.807, 2.05) is 0 Å². The highest BCUT2D eigenvalue weighted by Gasteiger charge is 2.45. The molecule has 80 valence electrons. The van der Waals surface area contributed by atoms with Gasteiger partial charge in [0.2, 0.25) is 0 Å². The summed E-state index contributed by atoms with van der Waals surface area (Å²) in [7, 11) is 0. The Kier molecular flexibility index (Phi) is 2.49. The predicted molar refractivity (Wildman–Crippen MR) is 66.2 cm³/mol. The third-order valence-electron chi connectivity index (χ3n) is 3.85. The Morgan fingerprint density at radius 2 is 2.07 bits per heavy atom. The summed E-state index contributed by atoms with van der Waals surface area (Å²) in [5.74, 6) is 2.70. The van der Waals surface area contributed by atoms with Crippen LogP contribution in [-0.4, -0.2) is 18.1 Å². The van der Waals surface area contributed by atoms with Gasteiger partial charge in [0.15, 0.2) is 0 Å². The van der Waals surface area contributed by atoms with Gasteiger partial charge in [-0.25, -0.2) is 0 Å². The van der Waals surface area contributed by atoms with Crippen molar-refractivity contribution >= 4 is 11.8 Å². The molecule has 1 aromatic carbocycles. The standard InChI is InChI=1S/C13H17NS/c1-2-4-11(5-3-1)12-13(6-8-14-12)7-9-15-10-13/h1-5,12,14H,6-10H2. The van der Waals surface area contributed by atoms with Crippen LogP contribution in [-0.2, 0) is 0 Å². The second-order valence-electron chi connectivity index (χ2n) is 4.71. The second kappa shape index (κ2) is 3.84. The zero-order valence-electron chi connectivity index (χ0n) is 8.91. The normalized spacial score (nSPS) is 35.1. The first-order chi connectivity index (χ1) is 7.41. The van der Waals surface area contributed by atoms with E-state index < -0.39 is 0 Å². The van der Waals surface area contributed by atoms with Crippen molar-refractivity contribution in [3.8, 4) is 0 Å². The summed E-state index contributed by atoms with van der Waals surface area (Å²) in [4.78, 5) is 0. The van der Waals surface area contributed by atoms with Gasteiger partial charge in [0.25, 0.3) is 0 Å². The lowest BCUT2D eigenvalue weighted by Crippen LogP contribution is -2.28. The molecule has 1 aromatic rings. The van der Waals surface area contributed by atoms with Crippen molar-refractivity contribution in [2.45, 2.75) is 18.9 Å². The van der Waals surface area contributed by atoms with Gasteiger partial charge in [0.05, 0.1) is 0 Å². The second-order valence-corrected chi connectivity index (χ2v) is 5.82. The minimum atomic E-state index is 0.562. The zero-order valence-corrected chi connectivity index (χ0v) is 9.72. The Hall–Kier alpha value is -0.470. The van der Waals surface area contributed by atoms with Crippen LogP contribution in [0, 0.1) is 5.41 Å². The van der Waals surface area contributed by atoms with E-state index >= 15 is 0 Å². The number of thioether (sulfide) groups is 1. The molecule has 0 aliphatic carbocycles. The lowest BCUT2D eigenvalue weighted by atomic mass is 9.77. The molecular weight excluding hydrogens is 202 g/mol. The van der Waals surface area contributed by atoms with Gasteiger partial charge in [-0.15, -0.1) is 0 Å². The highest BCUT2D eigenvalue weighted by Crippen LogP contribution is 2.50. The molecule has 1 nitrogen and oxygen atoms in total. The van der Waals surface area contributed by atoms with E-state index in [-0.39, 0.29) is 0 Å². The number of nitrogens with one attached hydrogen (secondary N) is 1. The van der Waals surface area contributed by atoms with E-state index in [0.717, 1.165) is 0 Å². The van der Waals surface area contributed by atoms with E-state index in [4.69, 9.17) is 0 Å². The fourth-order valence-corrected chi connectivity index (χ4v) is 4.55. The maximum absolute atomic E-state index is 3.69. The average Bonchev–Trinajstić information content (AvgIpc) is 2.91. The van der Waals surface area contributed by atoms with Crippen LogP contribution in [0.4, 0.5) is 0 Å². The minimum absolute atomic E-state index is 0.562. The molecule has 2 aliphatic rings. The number of rotatable bonds is 1. The van der Waals surface area contributed by atoms with Crippen LogP contribution in [0.1, 0.15) is 24.4 Å². The summed E-state index contributed by atoms with van der Waals surface area (Å²) in [6.45, 7) is 1.19. The Morgan fingerprint density at radius 3 is 2.80 bits per heavy atom. The first kappa shape index (κ1) is 9.73.